The van der Waals surface area contributed by atoms with E-state index in [-0.39, 0.29) is 5.92 Å². The summed E-state index contributed by atoms with van der Waals surface area (Å²) in [6.45, 7) is 6.00. The maximum Gasteiger partial charge on any atom is 0.313 e. The minimum atomic E-state index is -0.847. The van der Waals surface area contributed by atoms with Crippen LogP contribution in [-0.2, 0) is 11.2 Å². The van der Waals surface area contributed by atoms with E-state index in [1.165, 1.54) is 11.5 Å². The van der Waals surface area contributed by atoms with Gasteiger partial charge in [0.25, 0.3) is 0 Å². The van der Waals surface area contributed by atoms with Crippen LogP contribution >= 0.6 is 11.5 Å². The zero-order valence-corrected chi connectivity index (χ0v) is 12.6. The van der Waals surface area contributed by atoms with E-state index < -0.39 is 11.9 Å². The number of benzene rings is 1. The van der Waals surface area contributed by atoms with E-state index >= 15 is 0 Å². The number of hydrogen-bond acceptors (Lipinski definition) is 4. The first kappa shape index (κ1) is 14.7. The molecule has 0 saturated carbocycles. The summed E-state index contributed by atoms with van der Waals surface area (Å²) in [6.07, 6.45) is 0.453. The predicted octanol–water partition coefficient (Wildman–Crippen LogP) is 3.38. The third-order valence-electron chi connectivity index (χ3n) is 3.26. The molecule has 0 aliphatic carbocycles. The van der Waals surface area contributed by atoms with Gasteiger partial charge in [-0.05, 0) is 36.0 Å². The van der Waals surface area contributed by atoms with Crippen molar-refractivity contribution in [1.82, 2.24) is 9.36 Å². The van der Waals surface area contributed by atoms with Gasteiger partial charge in [0.15, 0.2) is 0 Å². The maximum atomic E-state index is 11.5. The number of aromatic nitrogens is 2. The number of carboxylic acid groups (broad SMARTS) is 1. The second-order valence-electron chi connectivity index (χ2n) is 5.17. The number of rotatable bonds is 5. The van der Waals surface area contributed by atoms with E-state index in [1.54, 1.807) is 0 Å². The smallest absolute Gasteiger partial charge is 0.313 e. The van der Waals surface area contributed by atoms with Crippen molar-refractivity contribution < 1.29 is 9.90 Å². The highest BCUT2D eigenvalue weighted by atomic mass is 32.1. The van der Waals surface area contributed by atoms with Crippen LogP contribution in [0, 0.1) is 6.92 Å². The lowest BCUT2D eigenvalue weighted by molar-refractivity contribution is -0.138. The summed E-state index contributed by atoms with van der Waals surface area (Å²) in [6, 6.07) is 7.85. The van der Waals surface area contributed by atoms with Gasteiger partial charge in [-0.3, -0.25) is 4.79 Å². The third-order valence-corrected chi connectivity index (χ3v) is 4.10. The molecule has 1 aromatic heterocycles. The molecular formula is C15H18N2O2S. The molecule has 1 atom stereocenters. The first-order valence-electron chi connectivity index (χ1n) is 6.60. The zero-order chi connectivity index (χ0) is 14.7. The molecule has 0 amide bonds. The van der Waals surface area contributed by atoms with Crippen molar-refractivity contribution in [2.24, 2.45) is 0 Å². The van der Waals surface area contributed by atoms with Crippen LogP contribution in [0.15, 0.2) is 24.3 Å². The summed E-state index contributed by atoms with van der Waals surface area (Å²) in [5.74, 6) is -0.533. The van der Waals surface area contributed by atoms with Gasteiger partial charge >= 0.3 is 5.97 Å². The number of nitrogens with zero attached hydrogens (tertiary/aromatic N) is 2. The summed E-state index contributed by atoms with van der Waals surface area (Å²) < 4.78 is 4.25. The van der Waals surface area contributed by atoms with Gasteiger partial charge in [-0.1, -0.05) is 38.1 Å². The standard InChI is InChI=1S/C15H18N2O2S/c1-9(2)13-16-14(20-17-13)12(15(18)19)8-11-7-5-4-6-10(11)3/h4-7,9,12H,8H2,1-3H3,(H,18,19). The van der Waals surface area contributed by atoms with Crippen LogP contribution in [0.1, 0.15) is 47.6 Å². The summed E-state index contributed by atoms with van der Waals surface area (Å²) >= 11 is 1.20. The van der Waals surface area contributed by atoms with Crippen LogP contribution in [0.4, 0.5) is 0 Å². The largest absolute Gasteiger partial charge is 0.481 e. The van der Waals surface area contributed by atoms with Crippen LogP contribution in [0.3, 0.4) is 0 Å². The van der Waals surface area contributed by atoms with Crippen molar-refractivity contribution in [3.8, 4) is 0 Å². The Labute approximate surface area is 122 Å². The molecule has 0 fully saturated rings. The molecule has 1 unspecified atom stereocenters. The van der Waals surface area contributed by atoms with E-state index in [9.17, 15) is 9.90 Å². The Morgan fingerprint density at radius 2 is 2.05 bits per heavy atom. The van der Waals surface area contributed by atoms with E-state index in [2.05, 4.69) is 9.36 Å². The Morgan fingerprint density at radius 1 is 1.35 bits per heavy atom. The first-order valence-corrected chi connectivity index (χ1v) is 7.37. The highest BCUT2D eigenvalue weighted by molar-refractivity contribution is 7.05. The minimum Gasteiger partial charge on any atom is -0.481 e. The topological polar surface area (TPSA) is 63.1 Å². The van der Waals surface area contributed by atoms with Gasteiger partial charge in [0.2, 0.25) is 0 Å². The van der Waals surface area contributed by atoms with E-state index in [0.29, 0.717) is 11.4 Å². The lowest BCUT2D eigenvalue weighted by atomic mass is 9.96. The zero-order valence-electron chi connectivity index (χ0n) is 11.8. The van der Waals surface area contributed by atoms with Crippen molar-refractivity contribution in [3.63, 3.8) is 0 Å². The fraction of sp³-hybridized carbons (Fsp3) is 0.400. The average Bonchev–Trinajstić information content (AvgIpc) is 2.87. The Kier molecular flexibility index (Phi) is 4.49. The van der Waals surface area contributed by atoms with Crippen molar-refractivity contribution >= 4 is 17.5 Å². The molecule has 0 bridgehead atoms. The van der Waals surface area contributed by atoms with Gasteiger partial charge < -0.3 is 5.11 Å². The lowest BCUT2D eigenvalue weighted by Crippen LogP contribution is -2.15. The summed E-state index contributed by atoms with van der Waals surface area (Å²) in [4.78, 5) is 15.9. The van der Waals surface area contributed by atoms with E-state index in [1.807, 2.05) is 45.0 Å². The summed E-state index contributed by atoms with van der Waals surface area (Å²) in [5.41, 5.74) is 2.15. The first-order chi connectivity index (χ1) is 9.49. The minimum absolute atomic E-state index is 0.216. The fourth-order valence-electron chi connectivity index (χ4n) is 1.96. The van der Waals surface area contributed by atoms with Crippen molar-refractivity contribution in [2.45, 2.75) is 39.0 Å². The molecule has 4 nitrogen and oxygen atoms in total. The Hall–Kier alpha value is -1.75. The number of aryl methyl sites for hydroxylation is 1. The Balaban J connectivity index is 2.27. The molecule has 5 heteroatoms. The molecule has 106 valence electrons. The number of aliphatic carboxylic acids is 1. The van der Waals surface area contributed by atoms with Crippen LogP contribution in [-0.4, -0.2) is 20.4 Å². The maximum absolute atomic E-state index is 11.5. The second-order valence-corrected chi connectivity index (χ2v) is 5.95. The van der Waals surface area contributed by atoms with Crippen molar-refractivity contribution in [1.29, 1.82) is 0 Å². The van der Waals surface area contributed by atoms with Crippen LogP contribution in [0.2, 0.25) is 0 Å². The fourth-order valence-corrected chi connectivity index (χ4v) is 2.85. The van der Waals surface area contributed by atoms with Gasteiger partial charge in [0.1, 0.15) is 16.7 Å². The molecule has 2 rings (SSSR count). The van der Waals surface area contributed by atoms with Gasteiger partial charge in [0.05, 0.1) is 0 Å². The average molecular weight is 290 g/mol. The number of carbonyl (C=O) groups is 1. The van der Waals surface area contributed by atoms with Crippen molar-refractivity contribution in [2.75, 3.05) is 0 Å². The molecule has 0 aliphatic heterocycles. The molecule has 2 aromatic rings. The SMILES string of the molecule is Cc1ccccc1CC(C(=O)O)c1nc(C(C)C)ns1. The molecule has 0 aliphatic rings. The monoisotopic (exact) mass is 290 g/mol. The van der Waals surface area contributed by atoms with Gasteiger partial charge in [0, 0.05) is 5.92 Å². The molecule has 0 saturated heterocycles. The molecule has 0 spiro atoms. The van der Waals surface area contributed by atoms with E-state index in [4.69, 9.17) is 0 Å². The predicted molar refractivity (Wildman–Crippen MR) is 79.3 cm³/mol. The number of hydrogen-bond donors (Lipinski definition) is 1. The van der Waals surface area contributed by atoms with Crippen LogP contribution < -0.4 is 0 Å². The normalized spacial score (nSPS) is 12.6. The summed E-state index contributed by atoms with van der Waals surface area (Å²) in [7, 11) is 0. The molecule has 20 heavy (non-hydrogen) atoms. The Morgan fingerprint density at radius 3 is 2.60 bits per heavy atom. The van der Waals surface area contributed by atoms with Crippen LogP contribution in [0.25, 0.3) is 0 Å². The molecule has 0 radical (unpaired) electrons. The molecule has 1 N–H and O–H groups in total. The van der Waals surface area contributed by atoms with Crippen LogP contribution in [0.5, 0.6) is 0 Å². The van der Waals surface area contributed by atoms with Gasteiger partial charge in [-0.15, -0.1) is 0 Å². The van der Waals surface area contributed by atoms with E-state index in [0.717, 1.165) is 17.0 Å². The molecule has 1 heterocycles. The molecular weight excluding hydrogens is 272 g/mol. The van der Waals surface area contributed by atoms with Crippen molar-refractivity contribution in [3.05, 3.63) is 46.2 Å². The number of carboxylic acids is 1. The third kappa shape index (κ3) is 3.22. The molecule has 1 aromatic carbocycles. The summed E-state index contributed by atoms with van der Waals surface area (Å²) in [5, 5.41) is 10.1. The van der Waals surface area contributed by atoms with Gasteiger partial charge in [-0.25, -0.2) is 4.98 Å². The lowest BCUT2D eigenvalue weighted by Gasteiger charge is -2.11. The Bertz CT molecular complexity index is 607. The second kappa shape index (κ2) is 6.13. The highest BCUT2D eigenvalue weighted by Crippen LogP contribution is 2.26. The quantitative estimate of drug-likeness (QED) is 0.917. The highest BCUT2D eigenvalue weighted by Gasteiger charge is 2.25. The van der Waals surface area contributed by atoms with Gasteiger partial charge in [-0.2, -0.15) is 4.37 Å².